The molecule has 0 radical (unpaired) electrons. The average molecular weight is 277 g/mol. The fourth-order valence-electron chi connectivity index (χ4n) is 2.79. The second-order valence-corrected chi connectivity index (χ2v) is 5.40. The van der Waals surface area contributed by atoms with E-state index in [4.69, 9.17) is 5.73 Å². The first-order valence-corrected chi connectivity index (χ1v) is 7.30. The number of aliphatic hydroxyl groups excluding tert-OH is 1. The second-order valence-electron chi connectivity index (χ2n) is 5.40. The Labute approximate surface area is 119 Å². The van der Waals surface area contributed by atoms with Crippen LogP contribution < -0.4 is 10.6 Å². The number of aromatic nitrogens is 1. The van der Waals surface area contributed by atoms with Crippen LogP contribution in [0.2, 0.25) is 0 Å². The van der Waals surface area contributed by atoms with Crippen molar-refractivity contribution in [2.24, 2.45) is 5.73 Å². The van der Waals surface area contributed by atoms with Crippen LogP contribution in [0.3, 0.4) is 0 Å². The van der Waals surface area contributed by atoms with E-state index in [1.807, 2.05) is 24.0 Å². The summed E-state index contributed by atoms with van der Waals surface area (Å²) >= 11 is 0. The van der Waals surface area contributed by atoms with Gasteiger partial charge in [-0.1, -0.05) is 19.8 Å². The summed E-state index contributed by atoms with van der Waals surface area (Å²) in [7, 11) is 0. The number of pyridine rings is 1. The van der Waals surface area contributed by atoms with E-state index in [1.165, 1.54) is 12.8 Å². The van der Waals surface area contributed by atoms with Gasteiger partial charge in [0.2, 0.25) is 5.91 Å². The average Bonchev–Trinajstić information content (AvgIpc) is 2.98. The van der Waals surface area contributed by atoms with Gasteiger partial charge in [0.25, 0.3) is 0 Å². The van der Waals surface area contributed by atoms with Crippen LogP contribution in [-0.2, 0) is 4.79 Å². The number of amides is 1. The summed E-state index contributed by atoms with van der Waals surface area (Å²) in [4.78, 5) is 17.6. The first-order valence-electron chi connectivity index (χ1n) is 7.30. The molecule has 1 aromatic heterocycles. The summed E-state index contributed by atoms with van der Waals surface area (Å²) < 4.78 is 0. The monoisotopic (exact) mass is 277 g/mol. The van der Waals surface area contributed by atoms with Gasteiger partial charge in [0.15, 0.2) is 0 Å². The van der Waals surface area contributed by atoms with Crippen LogP contribution in [0, 0.1) is 0 Å². The van der Waals surface area contributed by atoms with Crippen molar-refractivity contribution in [3.63, 3.8) is 0 Å². The molecule has 0 bridgehead atoms. The van der Waals surface area contributed by atoms with Crippen molar-refractivity contribution in [3.8, 4) is 0 Å². The summed E-state index contributed by atoms with van der Waals surface area (Å²) in [5.41, 5.74) is 6.93. The van der Waals surface area contributed by atoms with Crippen molar-refractivity contribution in [3.05, 3.63) is 24.0 Å². The number of hydrogen-bond donors (Lipinski definition) is 2. The van der Waals surface area contributed by atoms with Gasteiger partial charge in [-0.15, -0.1) is 0 Å². The van der Waals surface area contributed by atoms with Crippen LogP contribution in [-0.4, -0.2) is 28.6 Å². The van der Waals surface area contributed by atoms with Gasteiger partial charge in [0.1, 0.15) is 0 Å². The standard InChI is InChI=1S/C15H23N3O2/c1-2-14(19)13-8-7-12(9-17-13)18(10-15(16)20)11-5-3-4-6-11/h7-9,11,14,19H,2-6,10H2,1H3,(H2,16,20). The predicted molar refractivity (Wildman–Crippen MR) is 78.3 cm³/mol. The van der Waals surface area contributed by atoms with Crippen LogP contribution in [0.5, 0.6) is 0 Å². The van der Waals surface area contributed by atoms with Gasteiger partial charge in [-0.05, 0) is 31.4 Å². The maximum atomic E-state index is 11.3. The van der Waals surface area contributed by atoms with Crippen LogP contribution >= 0.6 is 0 Å². The Morgan fingerprint density at radius 1 is 1.50 bits per heavy atom. The van der Waals surface area contributed by atoms with Crippen molar-refractivity contribution in [2.75, 3.05) is 11.4 Å². The van der Waals surface area contributed by atoms with Crippen molar-refractivity contribution in [1.82, 2.24) is 4.98 Å². The lowest BCUT2D eigenvalue weighted by Gasteiger charge is -2.29. The van der Waals surface area contributed by atoms with Gasteiger partial charge in [-0.2, -0.15) is 0 Å². The third kappa shape index (κ3) is 3.48. The molecular weight excluding hydrogens is 254 g/mol. The zero-order valence-electron chi connectivity index (χ0n) is 12.0. The van der Waals surface area contributed by atoms with E-state index in [-0.39, 0.29) is 12.5 Å². The molecule has 0 aliphatic heterocycles. The Morgan fingerprint density at radius 2 is 2.20 bits per heavy atom. The quantitative estimate of drug-likeness (QED) is 0.830. The molecule has 1 aromatic rings. The molecule has 5 nitrogen and oxygen atoms in total. The maximum absolute atomic E-state index is 11.3. The molecule has 1 aliphatic carbocycles. The fourth-order valence-corrected chi connectivity index (χ4v) is 2.79. The van der Waals surface area contributed by atoms with Crippen molar-refractivity contribution in [1.29, 1.82) is 0 Å². The van der Waals surface area contributed by atoms with E-state index in [0.717, 1.165) is 18.5 Å². The van der Waals surface area contributed by atoms with E-state index in [1.54, 1.807) is 6.20 Å². The van der Waals surface area contributed by atoms with Crippen molar-refractivity contribution >= 4 is 11.6 Å². The molecule has 0 saturated heterocycles. The van der Waals surface area contributed by atoms with Crippen molar-refractivity contribution < 1.29 is 9.90 Å². The third-order valence-corrected chi connectivity index (χ3v) is 3.92. The van der Waals surface area contributed by atoms with E-state index >= 15 is 0 Å². The molecule has 1 unspecified atom stereocenters. The normalized spacial score (nSPS) is 17.1. The fraction of sp³-hybridized carbons (Fsp3) is 0.600. The Kier molecular flexibility index (Phi) is 4.95. The van der Waals surface area contributed by atoms with E-state index in [9.17, 15) is 9.90 Å². The largest absolute Gasteiger partial charge is 0.387 e. The molecule has 20 heavy (non-hydrogen) atoms. The highest BCUT2D eigenvalue weighted by Gasteiger charge is 2.24. The zero-order chi connectivity index (χ0) is 14.5. The number of carbonyl (C=O) groups excluding carboxylic acids is 1. The SMILES string of the molecule is CCC(O)c1ccc(N(CC(N)=O)C2CCCC2)cn1. The smallest absolute Gasteiger partial charge is 0.236 e. The number of nitrogens with zero attached hydrogens (tertiary/aromatic N) is 2. The number of rotatable bonds is 6. The lowest BCUT2D eigenvalue weighted by Crippen LogP contribution is -2.40. The summed E-state index contributed by atoms with van der Waals surface area (Å²) in [5.74, 6) is -0.324. The van der Waals surface area contributed by atoms with E-state index in [2.05, 4.69) is 4.98 Å². The molecule has 0 aromatic carbocycles. The molecular formula is C15H23N3O2. The number of aliphatic hydroxyl groups is 1. The maximum Gasteiger partial charge on any atom is 0.236 e. The highest BCUT2D eigenvalue weighted by atomic mass is 16.3. The third-order valence-electron chi connectivity index (χ3n) is 3.92. The predicted octanol–water partition coefficient (Wildman–Crippen LogP) is 1.76. The van der Waals surface area contributed by atoms with Gasteiger partial charge in [-0.25, -0.2) is 0 Å². The second kappa shape index (κ2) is 6.70. The number of primary amides is 1. The first kappa shape index (κ1) is 14.8. The number of nitrogens with two attached hydrogens (primary N) is 1. The topological polar surface area (TPSA) is 79.5 Å². The number of carbonyl (C=O) groups is 1. The molecule has 5 heteroatoms. The van der Waals surface area contributed by atoms with Gasteiger partial charge in [-0.3, -0.25) is 9.78 Å². The van der Waals surface area contributed by atoms with Gasteiger partial charge in [0, 0.05) is 6.04 Å². The molecule has 1 amide bonds. The van der Waals surface area contributed by atoms with Crippen LogP contribution in [0.4, 0.5) is 5.69 Å². The summed E-state index contributed by atoms with van der Waals surface area (Å²) in [6.45, 7) is 2.14. The Hall–Kier alpha value is -1.62. The van der Waals surface area contributed by atoms with Gasteiger partial charge < -0.3 is 15.7 Å². The van der Waals surface area contributed by atoms with Gasteiger partial charge in [0.05, 0.1) is 30.2 Å². The number of hydrogen-bond acceptors (Lipinski definition) is 4. The minimum absolute atomic E-state index is 0.224. The first-order chi connectivity index (χ1) is 9.61. The highest BCUT2D eigenvalue weighted by molar-refractivity contribution is 5.79. The van der Waals surface area contributed by atoms with Crippen LogP contribution in [0.25, 0.3) is 0 Å². The van der Waals surface area contributed by atoms with Crippen molar-refractivity contribution in [2.45, 2.75) is 51.2 Å². The van der Waals surface area contributed by atoms with E-state index in [0.29, 0.717) is 18.2 Å². The molecule has 0 spiro atoms. The summed E-state index contributed by atoms with van der Waals surface area (Å²) in [6, 6.07) is 4.11. The zero-order valence-corrected chi connectivity index (χ0v) is 12.0. The minimum atomic E-state index is -0.528. The molecule has 1 heterocycles. The molecule has 2 rings (SSSR count). The molecule has 1 aliphatic rings. The Balaban J connectivity index is 2.17. The molecule has 110 valence electrons. The van der Waals surface area contributed by atoms with Crippen LogP contribution in [0.15, 0.2) is 18.3 Å². The lowest BCUT2D eigenvalue weighted by molar-refractivity contribution is -0.116. The molecule has 3 N–H and O–H groups in total. The van der Waals surface area contributed by atoms with Crippen LogP contribution in [0.1, 0.15) is 50.8 Å². The molecule has 1 fully saturated rings. The Bertz CT molecular complexity index is 441. The Morgan fingerprint density at radius 3 is 2.70 bits per heavy atom. The lowest BCUT2D eigenvalue weighted by atomic mass is 10.1. The molecule has 1 saturated carbocycles. The summed E-state index contributed by atoms with van der Waals surface area (Å²) in [6.07, 6.45) is 6.41. The van der Waals surface area contributed by atoms with E-state index < -0.39 is 6.10 Å². The van der Waals surface area contributed by atoms with Gasteiger partial charge >= 0.3 is 0 Å². The minimum Gasteiger partial charge on any atom is -0.387 e. The molecule has 1 atom stereocenters. The number of anilines is 1. The summed E-state index contributed by atoms with van der Waals surface area (Å²) in [5, 5.41) is 9.77. The highest BCUT2D eigenvalue weighted by Crippen LogP contribution is 2.28.